The highest BCUT2D eigenvalue weighted by atomic mass is 16.5. The van der Waals surface area contributed by atoms with Crippen molar-refractivity contribution in [1.29, 1.82) is 0 Å². The first-order valence-corrected chi connectivity index (χ1v) is 8.96. The van der Waals surface area contributed by atoms with Crippen LogP contribution in [-0.2, 0) is 11.3 Å². The molecule has 8 heteroatoms. The lowest BCUT2D eigenvalue weighted by molar-refractivity contribution is 0.0902. The number of benzene rings is 1. The van der Waals surface area contributed by atoms with Crippen molar-refractivity contribution < 1.29 is 24.3 Å². The molecule has 2 heterocycles. The average Bonchev–Trinajstić information content (AvgIpc) is 3.03. The van der Waals surface area contributed by atoms with Crippen LogP contribution in [0.2, 0.25) is 0 Å². The van der Waals surface area contributed by atoms with Crippen LogP contribution in [0.4, 0.5) is 0 Å². The summed E-state index contributed by atoms with van der Waals surface area (Å²) in [6.45, 7) is 6.12. The summed E-state index contributed by atoms with van der Waals surface area (Å²) in [5.74, 6) is 0.753. The number of fused-ring (bicyclic) bond motifs is 1. The van der Waals surface area contributed by atoms with Crippen LogP contribution in [0.15, 0.2) is 24.5 Å². The van der Waals surface area contributed by atoms with Crippen LogP contribution < -0.4 is 10.2 Å². The molecule has 0 fully saturated rings. The van der Waals surface area contributed by atoms with E-state index in [1.165, 1.54) is 12.4 Å². The second-order valence-electron chi connectivity index (χ2n) is 7.08. The Hall–Kier alpha value is -2.29. The van der Waals surface area contributed by atoms with Crippen molar-refractivity contribution in [2.24, 2.45) is 11.8 Å². The quantitative estimate of drug-likeness (QED) is 0.564. The maximum Gasteiger partial charge on any atom is 0.492 e. The fraction of sp³-hybridized carbons (Fsp3) is 0.421. The van der Waals surface area contributed by atoms with E-state index < -0.39 is 7.12 Å². The monoisotopic (exact) mass is 370 g/mol. The normalized spacial score (nSPS) is 14.4. The molecule has 142 valence electrons. The maximum absolute atomic E-state index is 12.3. The van der Waals surface area contributed by atoms with Gasteiger partial charge >= 0.3 is 7.12 Å². The van der Waals surface area contributed by atoms with Gasteiger partial charge in [-0.3, -0.25) is 4.79 Å². The lowest BCUT2D eigenvalue weighted by Gasteiger charge is -2.16. The Morgan fingerprint density at radius 3 is 2.74 bits per heavy atom. The Morgan fingerprint density at radius 2 is 2.11 bits per heavy atom. The lowest BCUT2D eigenvalue weighted by Crippen LogP contribution is -2.30. The van der Waals surface area contributed by atoms with E-state index in [-0.39, 0.29) is 42.2 Å². The summed E-state index contributed by atoms with van der Waals surface area (Å²) in [7, 11) is -0.949. The number of nitrogens with zero attached hydrogens (tertiary/aromatic N) is 2. The number of ketones is 1. The molecule has 27 heavy (non-hydrogen) atoms. The molecule has 2 aromatic rings. The fourth-order valence-corrected chi connectivity index (χ4v) is 3.08. The molecule has 1 aromatic carbocycles. The number of carbonyl (C=O) groups is 1. The molecule has 0 aliphatic carbocycles. The molecular weight excluding hydrogens is 347 g/mol. The number of Topliss-reactive ketones (excluding diaryl/α,β-unsaturated/α-hetero) is 1. The number of aromatic nitrogens is 2. The van der Waals surface area contributed by atoms with Crippen molar-refractivity contribution in [2.75, 3.05) is 6.61 Å². The number of aliphatic hydroxyl groups excluding tert-OH is 1. The first-order chi connectivity index (χ1) is 12.9. The molecule has 0 bridgehead atoms. The first-order valence-electron chi connectivity index (χ1n) is 8.96. The molecule has 2 N–H and O–H groups in total. The molecule has 3 rings (SSSR count). The third kappa shape index (κ3) is 4.18. The molecule has 0 radical (unpaired) electrons. The van der Waals surface area contributed by atoms with Crippen LogP contribution in [-0.4, -0.2) is 39.6 Å². The van der Waals surface area contributed by atoms with Crippen LogP contribution in [0.1, 0.15) is 41.9 Å². The predicted octanol–water partition coefficient (Wildman–Crippen LogP) is 1.63. The summed E-state index contributed by atoms with van der Waals surface area (Å²) in [4.78, 5) is 20.6. The molecule has 0 spiro atoms. The molecular formula is C19H23BN2O5. The highest BCUT2D eigenvalue weighted by Gasteiger charge is 2.30. The third-order valence-corrected chi connectivity index (χ3v) is 4.95. The maximum atomic E-state index is 12.3. The number of hydrogen-bond donors (Lipinski definition) is 2. The zero-order valence-electron chi connectivity index (χ0n) is 15.7. The summed E-state index contributed by atoms with van der Waals surface area (Å²) in [6.07, 6.45) is 3.01. The molecule has 7 nitrogen and oxygen atoms in total. The minimum absolute atomic E-state index is 0.0365. The Labute approximate surface area is 158 Å². The van der Waals surface area contributed by atoms with Gasteiger partial charge in [0.1, 0.15) is 11.4 Å². The van der Waals surface area contributed by atoms with E-state index in [9.17, 15) is 14.9 Å². The number of hydrogen-bond acceptors (Lipinski definition) is 7. The molecule has 1 aliphatic rings. The van der Waals surface area contributed by atoms with E-state index in [0.29, 0.717) is 12.4 Å². The smallest absolute Gasteiger partial charge is 0.437 e. The topological polar surface area (TPSA) is 102 Å². The predicted molar refractivity (Wildman–Crippen MR) is 100 cm³/mol. The third-order valence-electron chi connectivity index (χ3n) is 4.95. The van der Waals surface area contributed by atoms with Crippen molar-refractivity contribution >= 4 is 18.4 Å². The first kappa shape index (κ1) is 19.5. The van der Waals surface area contributed by atoms with E-state index in [4.69, 9.17) is 9.39 Å². The summed E-state index contributed by atoms with van der Waals surface area (Å²) in [5.41, 5.74) is 2.68. The van der Waals surface area contributed by atoms with Gasteiger partial charge in [0, 0.05) is 13.0 Å². The molecule has 1 aliphatic heterocycles. The lowest BCUT2D eigenvalue weighted by atomic mass is 9.76. The molecule has 0 saturated carbocycles. The van der Waals surface area contributed by atoms with Crippen LogP contribution >= 0.6 is 0 Å². The molecule has 1 aromatic heterocycles. The van der Waals surface area contributed by atoms with Gasteiger partial charge in [0.2, 0.25) is 5.88 Å². The van der Waals surface area contributed by atoms with Crippen molar-refractivity contribution in [3.63, 3.8) is 0 Å². The summed E-state index contributed by atoms with van der Waals surface area (Å²) in [6, 6.07) is 3.64. The number of carbonyl (C=O) groups excluding carboxylic acids is 1. The average molecular weight is 370 g/mol. The largest absolute Gasteiger partial charge is 0.492 e. The number of ether oxygens (including phenoxy) is 1. The van der Waals surface area contributed by atoms with Crippen molar-refractivity contribution in [2.45, 2.75) is 33.8 Å². The van der Waals surface area contributed by atoms with Gasteiger partial charge in [0.05, 0.1) is 19.0 Å². The van der Waals surface area contributed by atoms with Crippen molar-refractivity contribution in [1.82, 2.24) is 9.97 Å². The second kappa shape index (κ2) is 8.16. The van der Waals surface area contributed by atoms with E-state index in [1.807, 2.05) is 26.8 Å². The Bertz CT molecular complexity index is 826. The van der Waals surface area contributed by atoms with E-state index >= 15 is 0 Å². The fourth-order valence-electron chi connectivity index (χ4n) is 3.08. The molecule has 1 atom stereocenters. The van der Waals surface area contributed by atoms with Crippen LogP contribution in [0, 0.1) is 18.8 Å². The molecule has 0 saturated heterocycles. The minimum Gasteiger partial charge on any atom is -0.437 e. The second-order valence-corrected chi connectivity index (χ2v) is 7.08. The summed E-state index contributed by atoms with van der Waals surface area (Å²) < 4.78 is 11.0. The van der Waals surface area contributed by atoms with Crippen molar-refractivity contribution in [3.8, 4) is 11.6 Å². The van der Waals surface area contributed by atoms with Gasteiger partial charge in [-0.2, -0.15) is 0 Å². The highest BCUT2D eigenvalue weighted by molar-refractivity contribution is 6.62. The summed E-state index contributed by atoms with van der Waals surface area (Å²) in [5, 5.41) is 19.3. The Kier molecular flexibility index (Phi) is 5.89. The standard InChI is InChI=1S/C19H23BN2O5/c1-11(2)14(9-23)6-16(24)15-7-22-18(8-21-15)27-17-5-4-13-10-26-20(25)19(13)12(17)3/h4-5,7-8,11,14,23,25H,6,9-10H2,1-3H3/t14-/m1/s1. The zero-order chi connectivity index (χ0) is 19.6. The zero-order valence-corrected chi connectivity index (χ0v) is 15.7. The van der Waals surface area contributed by atoms with Gasteiger partial charge in [0.25, 0.3) is 0 Å². The van der Waals surface area contributed by atoms with Crippen molar-refractivity contribution in [3.05, 3.63) is 41.3 Å². The van der Waals surface area contributed by atoms with E-state index in [1.54, 1.807) is 6.07 Å². The minimum atomic E-state index is -0.949. The molecule has 0 unspecified atom stereocenters. The van der Waals surface area contributed by atoms with Crippen LogP contribution in [0.25, 0.3) is 0 Å². The van der Waals surface area contributed by atoms with Gasteiger partial charge < -0.3 is 19.5 Å². The van der Waals surface area contributed by atoms with Gasteiger partial charge in [-0.05, 0) is 41.4 Å². The van der Waals surface area contributed by atoms with Crippen LogP contribution in [0.3, 0.4) is 0 Å². The van der Waals surface area contributed by atoms with Gasteiger partial charge in [-0.1, -0.05) is 19.9 Å². The molecule has 0 amide bonds. The van der Waals surface area contributed by atoms with E-state index in [2.05, 4.69) is 9.97 Å². The Morgan fingerprint density at radius 1 is 1.33 bits per heavy atom. The summed E-state index contributed by atoms with van der Waals surface area (Å²) >= 11 is 0. The van der Waals surface area contributed by atoms with E-state index in [0.717, 1.165) is 16.6 Å². The van der Waals surface area contributed by atoms with Gasteiger partial charge in [0.15, 0.2) is 5.78 Å². The number of aliphatic hydroxyl groups is 1. The van der Waals surface area contributed by atoms with Gasteiger partial charge in [-0.15, -0.1) is 0 Å². The SMILES string of the molecule is Cc1c(Oc2cnc(C(=O)C[C@H](CO)C(C)C)cn2)ccc2c1B(O)OC2. The number of rotatable bonds is 7. The highest BCUT2D eigenvalue weighted by Crippen LogP contribution is 2.26. The Balaban J connectivity index is 1.72. The van der Waals surface area contributed by atoms with Crippen LogP contribution in [0.5, 0.6) is 11.6 Å². The van der Waals surface area contributed by atoms with Gasteiger partial charge in [-0.25, -0.2) is 9.97 Å².